The molecule has 0 spiro atoms. The fourth-order valence-electron chi connectivity index (χ4n) is 3.61. The number of nitrogens with zero attached hydrogens (tertiary/aromatic N) is 2. The fourth-order valence-corrected chi connectivity index (χ4v) is 4.48. The van der Waals surface area contributed by atoms with E-state index in [0.717, 1.165) is 31.6 Å². The molecule has 0 aromatic rings. The summed E-state index contributed by atoms with van der Waals surface area (Å²) in [6.07, 6.45) is 6.31. The Morgan fingerprint density at radius 2 is 1.64 bits per heavy atom. The number of amides is 1. The van der Waals surface area contributed by atoms with Crippen molar-refractivity contribution in [1.82, 2.24) is 9.21 Å². The highest BCUT2D eigenvalue weighted by Crippen LogP contribution is 2.26. The molecule has 0 radical (unpaired) electrons. The molecule has 0 unspecified atom stereocenters. The van der Waals surface area contributed by atoms with Crippen LogP contribution in [-0.2, 0) is 24.3 Å². The summed E-state index contributed by atoms with van der Waals surface area (Å²) in [5.41, 5.74) is 0. The molecule has 1 amide bonds. The zero-order valence-electron chi connectivity index (χ0n) is 15.4. The Balaban J connectivity index is 1.73. The summed E-state index contributed by atoms with van der Waals surface area (Å²) in [4.78, 5) is 26.1. The van der Waals surface area contributed by atoms with Crippen LogP contribution < -0.4 is 0 Å². The molecule has 7 nitrogen and oxygen atoms in total. The van der Waals surface area contributed by atoms with Gasteiger partial charge in [-0.3, -0.25) is 9.59 Å². The molecular weight excluding hydrogens is 344 g/mol. The largest absolute Gasteiger partial charge is 0.455 e. The third-order valence-electron chi connectivity index (χ3n) is 5.52. The number of esters is 1. The maximum atomic E-state index is 12.3. The van der Waals surface area contributed by atoms with Crippen molar-refractivity contribution in [2.75, 3.05) is 33.0 Å². The summed E-state index contributed by atoms with van der Waals surface area (Å²) in [6.45, 7) is 2.65. The van der Waals surface area contributed by atoms with E-state index in [2.05, 4.69) is 6.92 Å². The van der Waals surface area contributed by atoms with Crippen molar-refractivity contribution in [3.05, 3.63) is 0 Å². The number of piperidine rings is 1. The zero-order valence-corrected chi connectivity index (χ0v) is 16.3. The molecule has 0 aromatic heterocycles. The highest BCUT2D eigenvalue weighted by Gasteiger charge is 2.31. The van der Waals surface area contributed by atoms with Gasteiger partial charge in [-0.2, -0.15) is 0 Å². The van der Waals surface area contributed by atoms with Crippen LogP contribution in [0, 0.1) is 11.8 Å². The smallest absolute Gasteiger partial charge is 0.309 e. The number of hydrogen-bond donors (Lipinski definition) is 0. The van der Waals surface area contributed by atoms with E-state index in [4.69, 9.17) is 4.74 Å². The second-order valence-corrected chi connectivity index (χ2v) is 9.44. The second-order valence-electron chi connectivity index (χ2n) is 7.46. The summed E-state index contributed by atoms with van der Waals surface area (Å²) >= 11 is 0. The van der Waals surface area contributed by atoms with Gasteiger partial charge in [0.25, 0.3) is 5.91 Å². The van der Waals surface area contributed by atoms with Crippen molar-refractivity contribution in [3.63, 3.8) is 0 Å². The van der Waals surface area contributed by atoms with E-state index < -0.39 is 16.0 Å². The number of ether oxygens (including phenoxy) is 1. The molecule has 0 N–H and O–H groups in total. The Kier molecular flexibility index (Phi) is 6.85. The average Bonchev–Trinajstić information content (AvgIpc) is 2.58. The standard InChI is InChI=1S/C17H30N2O5S/c1-13-4-6-15(7-5-13)18(2)16(20)12-24-17(21)14-8-10-19(11-9-14)25(3,22)23/h13-15H,4-12H2,1-3H3. The van der Waals surface area contributed by atoms with E-state index >= 15 is 0 Å². The fraction of sp³-hybridized carbons (Fsp3) is 0.882. The van der Waals surface area contributed by atoms with Crippen LogP contribution in [0.25, 0.3) is 0 Å². The van der Waals surface area contributed by atoms with Gasteiger partial charge in [-0.25, -0.2) is 12.7 Å². The van der Waals surface area contributed by atoms with E-state index in [1.807, 2.05) is 0 Å². The summed E-state index contributed by atoms with van der Waals surface area (Å²) < 4.78 is 29.5. The first-order chi connectivity index (χ1) is 11.7. The number of carbonyl (C=O) groups is 2. The number of rotatable bonds is 5. The van der Waals surface area contributed by atoms with E-state index in [-0.39, 0.29) is 24.5 Å². The van der Waals surface area contributed by atoms with Crippen LogP contribution in [0.4, 0.5) is 0 Å². The minimum atomic E-state index is -3.21. The lowest BCUT2D eigenvalue weighted by atomic mass is 9.87. The molecule has 2 fully saturated rings. The lowest BCUT2D eigenvalue weighted by Gasteiger charge is -2.33. The van der Waals surface area contributed by atoms with E-state index in [0.29, 0.717) is 25.9 Å². The topological polar surface area (TPSA) is 84.0 Å². The van der Waals surface area contributed by atoms with Crippen molar-refractivity contribution < 1.29 is 22.7 Å². The van der Waals surface area contributed by atoms with Crippen LogP contribution in [-0.4, -0.2) is 68.5 Å². The van der Waals surface area contributed by atoms with Gasteiger partial charge < -0.3 is 9.64 Å². The maximum Gasteiger partial charge on any atom is 0.309 e. The van der Waals surface area contributed by atoms with Gasteiger partial charge >= 0.3 is 5.97 Å². The molecular formula is C17H30N2O5S. The Morgan fingerprint density at radius 3 is 2.16 bits per heavy atom. The molecule has 2 aliphatic rings. The van der Waals surface area contributed by atoms with Crippen molar-refractivity contribution in [2.24, 2.45) is 11.8 Å². The molecule has 1 saturated carbocycles. The van der Waals surface area contributed by atoms with Crippen LogP contribution in [0.3, 0.4) is 0 Å². The quantitative estimate of drug-likeness (QED) is 0.676. The molecule has 8 heteroatoms. The van der Waals surface area contributed by atoms with Crippen LogP contribution in [0.1, 0.15) is 45.4 Å². The molecule has 0 aromatic carbocycles. The lowest BCUT2D eigenvalue weighted by Crippen LogP contribution is -2.43. The van der Waals surface area contributed by atoms with Gasteiger partial charge in [0.15, 0.2) is 6.61 Å². The van der Waals surface area contributed by atoms with Crippen LogP contribution >= 0.6 is 0 Å². The van der Waals surface area contributed by atoms with Gasteiger partial charge in [-0.15, -0.1) is 0 Å². The Hall–Kier alpha value is -1.15. The monoisotopic (exact) mass is 374 g/mol. The summed E-state index contributed by atoms with van der Waals surface area (Å²) in [5, 5.41) is 0. The molecule has 144 valence electrons. The number of carbonyl (C=O) groups excluding carboxylic acids is 2. The SMILES string of the molecule is CC1CCC(N(C)C(=O)COC(=O)C2CCN(S(C)(=O)=O)CC2)CC1. The second kappa shape index (κ2) is 8.49. The van der Waals surface area contributed by atoms with Gasteiger partial charge in [-0.05, 0) is 44.4 Å². The first-order valence-electron chi connectivity index (χ1n) is 9.06. The number of sulfonamides is 1. The van der Waals surface area contributed by atoms with Gasteiger partial charge in [0.2, 0.25) is 10.0 Å². The minimum Gasteiger partial charge on any atom is -0.455 e. The third-order valence-corrected chi connectivity index (χ3v) is 6.82. The van der Waals surface area contributed by atoms with E-state index in [9.17, 15) is 18.0 Å². The van der Waals surface area contributed by atoms with Crippen molar-refractivity contribution in [3.8, 4) is 0 Å². The third kappa shape index (κ3) is 5.67. The Labute approximate surface area is 150 Å². The maximum absolute atomic E-state index is 12.3. The van der Waals surface area contributed by atoms with E-state index in [1.165, 1.54) is 10.6 Å². The predicted octanol–water partition coefficient (Wildman–Crippen LogP) is 1.24. The first kappa shape index (κ1) is 20.2. The van der Waals surface area contributed by atoms with Gasteiger partial charge in [0.1, 0.15) is 0 Å². The molecule has 1 heterocycles. The van der Waals surface area contributed by atoms with Crippen molar-refractivity contribution in [2.45, 2.75) is 51.5 Å². The zero-order chi connectivity index (χ0) is 18.6. The number of hydrogen-bond acceptors (Lipinski definition) is 5. The van der Waals surface area contributed by atoms with Crippen LogP contribution in [0.15, 0.2) is 0 Å². The highest BCUT2D eigenvalue weighted by molar-refractivity contribution is 7.88. The van der Waals surface area contributed by atoms with Gasteiger partial charge in [-0.1, -0.05) is 6.92 Å². The molecule has 1 aliphatic heterocycles. The molecule has 0 atom stereocenters. The lowest BCUT2D eigenvalue weighted by molar-refractivity contribution is -0.157. The van der Waals surface area contributed by atoms with Crippen molar-refractivity contribution in [1.29, 1.82) is 0 Å². The number of likely N-dealkylation sites (N-methyl/N-ethyl adjacent to an activating group) is 1. The van der Waals surface area contributed by atoms with Crippen LogP contribution in [0.2, 0.25) is 0 Å². The Bertz CT molecular complexity index is 576. The highest BCUT2D eigenvalue weighted by atomic mass is 32.2. The average molecular weight is 375 g/mol. The predicted molar refractivity (Wildman–Crippen MR) is 94.3 cm³/mol. The van der Waals surface area contributed by atoms with Crippen LogP contribution in [0.5, 0.6) is 0 Å². The molecule has 2 rings (SSSR count). The van der Waals surface area contributed by atoms with Crippen molar-refractivity contribution >= 4 is 21.9 Å². The first-order valence-corrected chi connectivity index (χ1v) is 10.9. The van der Waals surface area contributed by atoms with E-state index in [1.54, 1.807) is 11.9 Å². The molecule has 25 heavy (non-hydrogen) atoms. The molecule has 1 aliphatic carbocycles. The summed E-state index contributed by atoms with van der Waals surface area (Å²) in [6, 6.07) is 0.236. The Morgan fingerprint density at radius 1 is 1.08 bits per heavy atom. The summed E-state index contributed by atoms with van der Waals surface area (Å²) in [5.74, 6) is -0.171. The van der Waals surface area contributed by atoms with Gasteiger partial charge in [0, 0.05) is 26.2 Å². The normalized spacial score (nSPS) is 26.2. The summed E-state index contributed by atoms with van der Waals surface area (Å²) in [7, 11) is -1.43. The molecule has 1 saturated heterocycles. The minimum absolute atomic E-state index is 0.165. The molecule has 0 bridgehead atoms. The van der Waals surface area contributed by atoms with Gasteiger partial charge in [0.05, 0.1) is 12.2 Å².